The summed E-state index contributed by atoms with van der Waals surface area (Å²) in [5, 5.41) is 0. The molecule has 0 radical (unpaired) electrons. The standard InChI is InChI=1S/C19H16O3/c1-21-16-11-6-5-10-15(16)18(17-12-7-13-22-17)19(20)14-8-3-2-4-9-14/h2-13,18H,1H3. The lowest BCUT2D eigenvalue weighted by Gasteiger charge is -2.17. The quantitative estimate of drug-likeness (QED) is 0.658. The van der Waals surface area contributed by atoms with E-state index in [9.17, 15) is 4.79 Å². The fraction of sp³-hybridized carbons (Fsp3) is 0.105. The van der Waals surface area contributed by atoms with Crippen molar-refractivity contribution in [2.75, 3.05) is 7.11 Å². The van der Waals surface area contributed by atoms with Crippen LogP contribution < -0.4 is 4.74 Å². The Bertz CT molecular complexity index is 745. The van der Waals surface area contributed by atoms with E-state index in [1.54, 1.807) is 19.4 Å². The van der Waals surface area contributed by atoms with E-state index in [1.165, 1.54) is 0 Å². The van der Waals surface area contributed by atoms with Gasteiger partial charge in [-0.2, -0.15) is 0 Å². The van der Waals surface area contributed by atoms with Crippen molar-refractivity contribution in [3.05, 3.63) is 89.9 Å². The number of furan rings is 1. The number of benzene rings is 2. The van der Waals surface area contributed by atoms with E-state index >= 15 is 0 Å². The van der Waals surface area contributed by atoms with Gasteiger partial charge in [-0.25, -0.2) is 0 Å². The first-order valence-corrected chi connectivity index (χ1v) is 7.07. The van der Waals surface area contributed by atoms with Gasteiger partial charge in [-0.1, -0.05) is 48.5 Å². The zero-order valence-corrected chi connectivity index (χ0v) is 12.2. The second-order valence-corrected chi connectivity index (χ2v) is 4.92. The second-order valence-electron chi connectivity index (χ2n) is 4.92. The number of para-hydroxylation sites is 1. The molecule has 0 fully saturated rings. The first-order chi connectivity index (χ1) is 10.8. The minimum Gasteiger partial charge on any atom is -0.496 e. The maximum atomic E-state index is 13.0. The van der Waals surface area contributed by atoms with Crippen molar-refractivity contribution in [1.29, 1.82) is 0 Å². The van der Waals surface area contributed by atoms with E-state index in [0.717, 1.165) is 5.56 Å². The fourth-order valence-corrected chi connectivity index (χ4v) is 2.55. The highest BCUT2D eigenvalue weighted by Gasteiger charge is 2.28. The number of hydrogen-bond donors (Lipinski definition) is 0. The predicted octanol–water partition coefficient (Wildman–Crippen LogP) is 4.30. The minimum absolute atomic E-state index is 0.0138. The molecule has 1 aromatic heterocycles. The molecule has 110 valence electrons. The van der Waals surface area contributed by atoms with Crippen LogP contribution in [0.25, 0.3) is 0 Å². The molecule has 1 atom stereocenters. The number of ketones is 1. The van der Waals surface area contributed by atoms with Crippen molar-refractivity contribution >= 4 is 5.78 Å². The smallest absolute Gasteiger partial charge is 0.178 e. The van der Waals surface area contributed by atoms with Crippen LogP contribution in [0.2, 0.25) is 0 Å². The van der Waals surface area contributed by atoms with Crippen LogP contribution in [-0.4, -0.2) is 12.9 Å². The number of ether oxygens (including phenoxy) is 1. The Labute approximate surface area is 129 Å². The van der Waals surface area contributed by atoms with Gasteiger partial charge >= 0.3 is 0 Å². The Kier molecular flexibility index (Phi) is 4.05. The summed E-state index contributed by atoms with van der Waals surface area (Å²) in [7, 11) is 1.60. The summed E-state index contributed by atoms with van der Waals surface area (Å²) in [5.74, 6) is 0.750. The Balaban J connectivity index is 2.11. The van der Waals surface area contributed by atoms with Gasteiger partial charge in [0, 0.05) is 11.1 Å². The van der Waals surface area contributed by atoms with Crippen molar-refractivity contribution in [3.8, 4) is 5.75 Å². The third kappa shape index (κ3) is 2.66. The van der Waals surface area contributed by atoms with E-state index in [1.807, 2.05) is 60.7 Å². The monoisotopic (exact) mass is 292 g/mol. The van der Waals surface area contributed by atoms with Crippen LogP contribution in [0.15, 0.2) is 77.4 Å². The zero-order chi connectivity index (χ0) is 15.4. The van der Waals surface area contributed by atoms with Crippen molar-refractivity contribution in [3.63, 3.8) is 0 Å². The molecule has 3 aromatic rings. The summed E-state index contributed by atoms with van der Waals surface area (Å²) < 4.78 is 10.9. The van der Waals surface area contributed by atoms with E-state index in [0.29, 0.717) is 17.1 Å². The third-order valence-electron chi connectivity index (χ3n) is 3.60. The molecule has 0 saturated carbocycles. The first kappa shape index (κ1) is 14.1. The SMILES string of the molecule is COc1ccccc1C(C(=O)c1ccccc1)c1ccco1. The highest BCUT2D eigenvalue weighted by molar-refractivity contribution is 6.03. The molecule has 0 bridgehead atoms. The van der Waals surface area contributed by atoms with Gasteiger partial charge in [0.1, 0.15) is 17.4 Å². The molecule has 1 heterocycles. The molecule has 0 aliphatic heterocycles. The van der Waals surface area contributed by atoms with Crippen LogP contribution in [0.1, 0.15) is 27.6 Å². The van der Waals surface area contributed by atoms with Gasteiger partial charge in [-0.3, -0.25) is 4.79 Å². The molecule has 3 heteroatoms. The average Bonchev–Trinajstić information content (AvgIpc) is 3.10. The predicted molar refractivity (Wildman–Crippen MR) is 84.3 cm³/mol. The summed E-state index contributed by atoms with van der Waals surface area (Å²) >= 11 is 0. The second kappa shape index (κ2) is 6.31. The van der Waals surface area contributed by atoms with Crippen LogP contribution in [0.3, 0.4) is 0 Å². The van der Waals surface area contributed by atoms with Gasteiger partial charge in [0.05, 0.1) is 13.4 Å². The molecule has 22 heavy (non-hydrogen) atoms. The highest BCUT2D eigenvalue weighted by Crippen LogP contribution is 2.34. The van der Waals surface area contributed by atoms with Crippen LogP contribution >= 0.6 is 0 Å². The van der Waals surface area contributed by atoms with Crippen LogP contribution in [0.4, 0.5) is 0 Å². The summed E-state index contributed by atoms with van der Waals surface area (Å²) in [6, 6.07) is 20.4. The fourth-order valence-electron chi connectivity index (χ4n) is 2.55. The first-order valence-electron chi connectivity index (χ1n) is 7.07. The topological polar surface area (TPSA) is 39.4 Å². The molecule has 0 saturated heterocycles. The van der Waals surface area contributed by atoms with E-state index in [2.05, 4.69) is 0 Å². The molecule has 3 rings (SSSR count). The van der Waals surface area contributed by atoms with E-state index in [4.69, 9.17) is 9.15 Å². The van der Waals surface area contributed by atoms with E-state index in [-0.39, 0.29) is 5.78 Å². The largest absolute Gasteiger partial charge is 0.496 e. The molecular formula is C19H16O3. The van der Waals surface area contributed by atoms with Crippen molar-refractivity contribution in [1.82, 2.24) is 0 Å². The van der Waals surface area contributed by atoms with Gasteiger partial charge in [0.15, 0.2) is 5.78 Å². The minimum atomic E-state index is -0.520. The van der Waals surface area contributed by atoms with Crippen LogP contribution in [0.5, 0.6) is 5.75 Å². The summed E-state index contributed by atoms with van der Waals surface area (Å²) in [6.07, 6.45) is 1.58. The normalized spacial score (nSPS) is 11.9. The molecule has 0 spiro atoms. The highest BCUT2D eigenvalue weighted by atomic mass is 16.5. The summed E-state index contributed by atoms with van der Waals surface area (Å²) in [6.45, 7) is 0. The number of Topliss-reactive ketones (excluding diaryl/α,β-unsaturated/α-hetero) is 1. The molecule has 3 nitrogen and oxygen atoms in total. The Morgan fingerprint density at radius 1 is 0.955 bits per heavy atom. The Hall–Kier alpha value is -2.81. The van der Waals surface area contributed by atoms with Crippen molar-refractivity contribution in [2.24, 2.45) is 0 Å². The molecule has 0 N–H and O–H groups in total. The van der Waals surface area contributed by atoms with Gasteiger partial charge in [0.2, 0.25) is 0 Å². The van der Waals surface area contributed by atoms with Crippen LogP contribution in [-0.2, 0) is 0 Å². The molecule has 0 aliphatic carbocycles. The maximum Gasteiger partial charge on any atom is 0.178 e. The summed E-state index contributed by atoms with van der Waals surface area (Å²) in [4.78, 5) is 13.0. The zero-order valence-electron chi connectivity index (χ0n) is 12.2. The number of hydrogen-bond acceptors (Lipinski definition) is 3. The number of carbonyl (C=O) groups excluding carboxylic acids is 1. The Morgan fingerprint density at radius 3 is 2.36 bits per heavy atom. The molecular weight excluding hydrogens is 276 g/mol. The van der Waals surface area contributed by atoms with Gasteiger partial charge < -0.3 is 9.15 Å². The molecule has 0 amide bonds. The van der Waals surface area contributed by atoms with Gasteiger partial charge in [0.25, 0.3) is 0 Å². The number of carbonyl (C=O) groups is 1. The molecule has 0 aliphatic rings. The van der Waals surface area contributed by atoms with Crippen molar-refractivity contribution in [2.45, 2.75) is 5.92 Å². The van der Waals surface area contributed by atoms with Gasteiger partial charge in [-0.05, 0) is 18.2 Å². The summed E-state index contributed by atoms with van der Waals surface area (Å²) in [5.41, 5.74) is 1.45. The van der Waals surface area contributed by atoms with Crippen LogP contribution in [0, 0.1) is 0 Å². The molecule has 1 unspecified atom stereocenters. The molecule has 2 aromatic carbocycles. The lowest BCUT2D eigenvalue weighted by molar-refractivity contribution is 0.0964. The van der Waals surface area contributed by atoms with Gasteiger partial charge in [-0.15, -0.1) is 0 Å². The Morgan fingerprint density at radius 2 is 1.68 bits per heavy atom. The lowest BCUT2D eigenvalue weighted by atomic mass is 9.88. The maximum absolute atomic E-state index is 13.0. The van der Waals surface area contributed by atoms with Crippen molar-refractivity contribution < 1.29 is 13.9 Å². The lowest BCUT2D eigenvalue weighted by Crippen LogP contribution is -2.14. The van der Waals surface area contributed by atoms with E-state index < -0.39 is 5.92 Å². The number of methoxy groups -OCH3 is 1. The number of rotatable bonds is 5. The third-order valence-corrected chi connectivity index (χ3v) is 3.60. The average molecular weight is 292 g/mol.